The molecule has 0 radical (unpaired) electrons. The molecule has 0 spiro atoms. The highest BCUT2D eigenvalue weighted by Crippen LogP contribution is 2.22. The van der Waals surface area contributed by atoms with Crippen molar-refractivity contribution in [2.45, 2.75) is 13.0 Å². The van der Waals surface area contributed by atoms with E-state index < -0.39 is 5.91 Å². The number of aromatic hydroxyl groups is 1. The average molecular weight is 429 g/mol. The van der Waals surface area contributed by atoms with Crippen LogP contribution in [0.5, 0.6) is 5.75 Å². The molecule has 0 aliphatic rings. The highest BCUT2D eigenvalue weighted by molar-refractivity contribution is 9.10. The first-order valence-electron chi connectivity index (χ1n) is 8.14. The van der Waals surface area contributed by atoms with Crippen molar-refractivity contribution >= 4 is 44.9 Å². The zero-order chi connectivity index (χ0) is 19.4. The maximum atomic E-state index is 12.2. The van der Waals surface area contributed by atoms with Crippen molar-refractivity contribution in [3.63, 3.8) is 0 Å². The van der Waals surface area contributed by atoms with Gasteiger partial charge in [-0.25, -0.2) is 5.43 Å². The third kappa shape index (κ3) is 4.35. The molecule has 7 nitrogen and oxygen atoms in total. The molecule has 1 aromatic heterocycles. The van der Waals surface area contributed by atoms with Crippen molar-refractivity contribution < 1.29 is 14.7 Å². The Morgan fingerprint density at radius 2 is 2.04 bits per heavy atom. The van der Waals surface area contributed by atoms with Gasteiger partial charge in [-0.2, -0.15) is 5.10 Å². The van der Waals surface area contributed by atoms with Crippen LogP contribution < -0.4 is 11.2 Å². The zero-order valence-corrected chi connectivity index (χ0v) is 15.8. The number of halogens is 1. The molecule has 3 aromatic rings. The molecule has 138 valence electrons. The Kier molecular flexibility index (Phi) is 5.56. The molecule has 0 aliphatic heterocycles. The molecule has 0 atom stereocenters. The summed E-state index contributed by atoms with van der Waals surface area (Å²) in [5.41, 5.74) is 9.48. The van der Waals surface area contributed by atoms with E-state index in [0.29, 0.717) is 11.0 Å². The summed E-state index contributed by atoms with van der Waals surface area (Å²) in [6.07, 6.45) is 3.60. The summed E-state index contributed by atoms with van der Waals surface area (Å²) in [5.74, 6) is -1.03. The second kappa shape index (κ2) is 8.05. The van der Waals surface area contributed by atoms with Crippen LogP contribution in [0.25, 0.3) is 10.9 Å². The van der Waals surface area contributed by atoms with E-state index in [0.717, 1.165) is 16.5 Å². The number of amides is 2. The van der Waals surface area contributed by atoms with E-state index in [1.165, 1.54) is 18.3 Å². The largest absolute Gasteiger partial charge is 0.507 e. The second-order valence-electron chi connectivity index (χ2n) is 5.87. The van der Waals surface area contributed by atoms with Crippen LogP contribution in [0.1, 0.15) is 22.3 Å². The minimum atomic E-state index is -0.525. The topological polar surface area (TPSA) is 110 Å². The SMILES string of the molecule is NC(=O)CCn1cc(C=NNC(=O)c2cc(Br)ccc2O)c2ccccc21. The maximum Gasteiger partial charge on any atom is 0.275 e. The van der Waals surface area contributed by atoms with Gasteiger partial charge in [-0.1, -0.05) is 34.1 Å². The molecule has 2 aromatic carbocycles. The van der Waals surface area contributed by atoms with E-state index in [2.05, 4.69) is 26.5 Å². The molecule has 3 rings (SSSR count). The number of fused-ring (bicyclic) bond motifs is 1. The lowest BCUT2D eigenvalue weighted by atomic mass is 10.2. The third-order valence-electron chi connectivity index (χ3n) is 3.99. The Labute approximate surface area is 163 Å². The van der Waals surface area contributed by atoms with E-state index in [1.807, 2.05) is 35.0 Å². The number of aryl methyl sites for hydroxylation is 1. The van der Waals surface area contributed by atoms with E-state index in [1.54, 1.807) is 6.07 Å². The number of nitrogens with two attached hydrogens (primary N) is 1. The van der Waals surface area contributed by atoms with Gasteiger partial charge >= 0.3 is 0 Å². The fourth-order valence-corrected chi connectivity index (χ4v) is 3.07. The van der Waals surface area contributed by atoms with Gasteiger partial charge in [0.15, 0.2) is 0 Å². The number of para-hydroxylation sites is 1. The Balaban J connectivity index is 1.80. The Morgan fingerprint density at radius 3 is 2.81 bits per heavy atom. The number of hydrazone groups is 1. The van der Waals surface area contributed by atoms with Gasteiger partial charge in [0.1, 0.15) is 5.75 Å². The molecule has 0 fully saturated rings. The van der Waals surface area contributed by atoms with Crippen LogP contribution in [0.3, 0.4) is 0 Å². The number of rotatable bonds is 6. The smallest absolute Gasteiger partial charge is 0.275 e. The molecule has 2 amide bonds. The lowest BCUT2D eigenvalue weighted by molar-refractivity contribution is -0.118. The lowest BCUT2D eigenvalue weighted by Gasteiger charge is -2.03. The van der Waals surface area contributed by atoms with Gasteiger partial charge in [0, 0.05) is 40.1 Å². The van der Waals surface area contributed by atoms with Crippen LogP contribution >= 0.6 is 15.9 Å². The molecule has 0 saturated carbocycles. The van der Waals surface area contributed by atoms with Gasteiger partial charge in [-0.3, -0.25) is 9.59 Å². The second-order valence-corrected chi connectivity index (χ2v) is 6.79. The van der Waals surface area contributed by atoms with E-state index in [-0.39, 0.29) is 23.6 Å². The van der Waals surface area contributed by atoms with E-state index >= 15 is 0 Å². The van der Waals surface area contributed by atoms with Crippen molar-refractivity contribution in [3.05, 3.63) is 64.3 Å². The fourth-order valence-electron chi connectivity index (χ4n) is 2.70. The predicted molar refractivity (Wildman–Crippen MR) is 107 cm³/mol. The van der Waals surface area contributed by atoms with Gasteiger partial charge in [-0.05, 0) is 24.3 Å². The summed E-state index contributed by atoms with van der Waals surface area (Å²) >= 11 is 3.26. The van der Waals surface area contributed by atoms with Gasteiger partial charge in [0.05, 0.1) is 11.8 Å². The van der Waals surface area contributed by atoms with Crippen LogP contribution in [0.15, 0.2) is 58.2 Å². The van der Waals surface area contributed by atoms with E-state index in [4.69, 9.17) is 5.73 Å². The summed E-state index contributed by atoms with van der Waals surface area (Å²) < 4.78 is 2.59. The first-order valence-corrected chi connectivity index (χ1v) is 8.93. The molecule has 27 heavy (non-hydrogen) atoms. The number of primary amides is 1. The van der Waals surface area contributed by atoms with Gasteiger partial charge in [-0.15, -0.1) is 0 Å². The number of nitrogens with zero attached hydrogens (tertiary/aromatic N) is 2. The normalized spacial score (nSPS) is 11.1. The summed E-state index contributed by atoms with van der Waals surface area (Å²) in [5, 5.41) is 14.7. The standard InChI is InChI=1S/C19H17BrN4O3/c20-13-5-6-17(25)15(9-13)19(27)23-22-10-12-11-24(8-7-18(21)26)16-4-2-1-3-14(12)16/h1-6,9-11,25H,7-8H2,(H2,21,26)(H,23,27). The maximum absolute atomic E-state index is 12.2. The van der Waals surface area contributed by atoms with Crippen molar-refractivity contribution in [1.82, 2.24) is 9.99 Å². The van der Waals surface area contributed by atoms with Gasteiger partial charge < -0.3 is 15.4 Å². The fraction of sp³-hybridized carbons (Fsp3) is 0.105. The first kappa shape index (κ1) is 18.7. The van der Waals surface area contributed by atoms with Gasteiger partial charge in [0.25, 0.3) is 5.91 Å². The minimum Gasteiger partial charge on any atom is -0.507 e. The number of carbonyl (C=O) groups excluding carboxylic acids is 2. The van der Waals surface area contributed by atoms with Crippen LogP contribution in [0, 0.1) is 0 Å². The molecule has 8 heteroatoms. The molecular formula is C19H17BrN4O3. The molecule has 0 aliphatic carbocycles. The van der Waals surface area contributed by atoms with Crippen LogP contribution in [0.4, 0.5) is 0 Å². The molecular weight excluding hydrogens is 412 g/mol. The summed E-state index contributed by atoms with van der Waals surface area (Å²) in [4.78, 5) is 23.3. The van der Waals surface area contributed by atoms with E-state index in [9.17, 15) is 14.7 Å². The lowest BCUT2D eigenvalue weighted by Crippen LogP contribution is -2.17. The minimum absolute atomic E-state index is 0.116. The zero-order valence-electron chi connectivity index (χ0n) is 14.2. The van der Waals surface area contributed by atoms with Crippen LogP contribution in [-0.4, -0.2) is 27.7 Å². The third-order valence-corrected chi connectivity index (χ3v) is 4.48. The number of benzene rings is 2. The predicted octanol–water partition coefficient (Wildman–Crippen LogP) is 2.75. The number of hydrogen-bond donors (Lipinski definition) is 3. The molecule has 4 N–H and O–H groups in total. The Hall–Kier alpha value is -3.13. The molecule has 0 bridgehead atoms. The van der Waals surface area contributed by atoms with Gasteiger partial charge in [0.2, 0.25) is 5.91 Å². The first-order chi connectivity index (χ1) is 13.0. The Morgan fingerprint density at radius 1 is 1.26 bits per heavy atom. The van der Waals surface area contributed by atoms with Crippen molar-refractivity contribution in [3.8, 4) is 5.75 Å². The number of aromatic nitrogens is 1. The summed E-state index contributed by atoms with van der Waals surface area (Å²) in [6, 6.07) is 12.2. The summed E-state index contributed by atoms with van der Waals surface area (Å²) in [7, 11) is 0. The molecule has 0 saturated heterocycles. The quantitative estimate of drug-likeness (QED) is 0.414. The Bertz CT molecular complexity index is 1040. The number of phenols is 1. The summed E-state index contributed by atoms with van der Waals surface area (Å²) in [6.45, 7) is 0.460. The number of carbonyl (C=O) groups is 2. The highest BCUT2D eigenvalue weighted by Gasteiger charge is 2.11. The molecule has 0 unspecified atom stereocenters. The monoisotopic (exact) mass is 428 g/mol. The van der Waals surface area contributed by atoms with Crippen LogP contribution in [0.2, 0.25) is 0 Å². The van der Waals surface area contributed by atoms with Crippen LogP contribution in [-0.2, 0) is 11.3 Å². The van der Waals surface area contributed by atoms with Crippen molar-refractivity contribution in [1.29, 1.82) is 0 Å². The van der Waals surface area contributed by atoms with Crippen molar-refractivity contribution in [2.24, 2.45) is 10.8 Å². The number of nitrogens with one attached hydrogen (secondary N) is 1. The number of phenolic OH excluding ortho intramolecular Hbond substituents is 1. The molecule has 1 heterocycles. The van der Waals surface area contributed by atoms with Crippen molar-refractivity contribution in [2.75, 3.05) is 0 Å². The number of hydrogen-bond acceptors (Lipinski definition) is 4. The average Bonchev–Trinajstić information content (AvgIpc) is 3.00. The highest BCUT2D eigenvalue weighted by atomic mass is 79.9.